The average Bonchev–Trinajstić information content (AvgIpc) is 2.75. The summed E-state index contributed by atoms with van der Waals surface area (Å²) < 4.78 is 15.6. The normalized spacial score (nSPS) is 12.9. The van der Waals surface area contributed by atoms with E-state index in [1.807, 2.05) is 7.05 Å². The summed E-state index contributed by atoms with van der Waals surface area (Å²) in [5.74, 6) is 1.11. The van der Waals surface area contributed by atoms with Gasteiger partial charge in [-0.2, -0.15) is 0 Å². The Morgan fingerprint density at radius 2 is 2.19 bits per heavy atom. The quantitative estimate of drug-likeness (QED) is 0.668. The number of aromatic nitrogens is 2. The molecule has 6 nitrogen and oxygen atoms in total. The third kappa shape index (κ3) is 3.88. The number of nitrogens with zero attached hydrogens (tertiary/aromatic N) is 2. The van der Waals surface area contributed by atoms with Crippen molar-refractivity contribution in [2.24, 2.45) is 0 Å². The Bertz CT molecular complexity index is 287. The number of hydrogen-bond acceptors (Lipinski definition) is 6. The molecule has 1 aromatic rings. The van der Waals surface area contributed by atoms with Gasteiger partial charge in [0.15, 0.2) is 0 Å². The SMILES string of the molecule is CCC(NC)c1nnc(COCCOC)o1. The van der Waals surface area contributed by atoms with Crippen LogP contribution in [0, 0.1) is 0 Å². The first-order valence-corrected chi connectivity index (χ1v) is 5.38. The number of nitrogens with one attached hydrogen (secondary N) is 1. The molecule has 0 aliphatic carbocycles. The first-order chi connectivity index (χ1) is 7.81. The van der Waals surface area contributed by atoms with Crippen LogP contribution in [0.25, 0.3) is 0 Å². The summed E-state index contributed by atoms with van der Waals surface area (Å²) in [4.78, 5) is 0. The van der Waals surface area contributed by atoms with Crippen LogP contribution >= 0.6 is 0 Å². The highest BCUT2D eigenvalue weighted by atomic mass is 16.5. The molecule has 0 aliphatic heterocycles. The molecule has 1 N–H and O–H groups in total. The fraction of sp³-hybridized carbons (Fsp3) is 0.800. The van der Waals surface area contributed by atoms with Crippen LogP contribution in [0.2, 0.25) is 0 Å². The Morgan fingerprint density at radius 1 is 1.38 bits per heavy atom. The van der Waals surface area contributed by atoms with Gasteiger partial charge in [0.1, 0.15) is 6.61 Å². The van der Waals surface area contributed by atoms with E-state index in [0.29, 0.717) is 31.6 Å². The highest BCUT2D eigenvalue weighted by molar-refractivity contribution is 4.88. The fourth-order valence-corrected chi connectivity index (χ4v) is 1.27. The minimum absolute atomic E-state index is 0.111. The summed E-state index contributed by atoms with van der Waals surface area (Å²) in [6, 6.07) is 0.111. The van der Waals surface area contributed by atoms with Crippen LogP contribution in [0.4, 0.5) is 0 Å². The van der Waals surface area contributed by atoms with Crippen LogP contribution in [0.3, 0.4) is 0 Å². The molecular weight excluding hydrogens is 210 g/mol. The number of methoxy groups -OCH3 is 1. The molecule has 0 aromatic carbocycles. The minimum Gasteiger partial charge on any atom is -0.421 e. The van der Waals surface area contributed by atoms with E-state index in [-0.39, 0.29) is 6.04 Å². The minimum atomic E-state index is 0.111. The van der Waals surface area contributed by atoms with E-state index >= 15 is 0 Å². The molecule has 0 bridgehead atoms. The maximum atomic E-state index is 5.46. The molecule has 1 unspecified atom stereocenters. The first-order valence-electron chi connectivity index (χ1n) is 5.38. The molecular formula is C10H19N3O3. The van der Waals surface area contributed by atoms with Gasteiger partial charge >= 0.3 is 0 Å². The summed E-state index contributed by atoms with van der Waals surface area (Å²) in [5.41, 5.74) is 0. The van der Waals surface area contributed by atoms with Gasteiger partial charge in [0.05, 0.1) is 19.3 Å². The molecule has 1 heterocycles. The van der Waals surface area contributed by atoms with Crippen LogP contribution < -0.4 is 5.32 Å². The van der Waals surface area contributed by atoms with E-state index in [0.717, 1.165) is 6.42 Å². The van der Waals surface area contributed by atoms with Gasteiger partial charge in [-0.3, -0.25) is 0 Å². The lowest BCUT2D eigenvalue weighted by Gasteiger charge is -2.07. The molecule has 6 heteroatoms. The topological polar surface area (TPSA) is 69.4 Å². The van der Waals surface area contributed by atoms with E-state index in [1.165, 1.54) is 0 Å². The Hall–Kier alpha value is -0.980. The maximum Gasteiger partial charge on any atom is 0.242 e. The van der Waals surface area contributed by atoms with Crippen LogP contribution in [-0.2, 0) is 16.1 Å². The largest absolute Gasteiger partial charge is 0.421 e. The molecule has 0 spiro atoms. The van der Waals surface area contributed by atoms with Gasteiger partial charge in [-0.1, -0.05) is 6.92 Å². The summed E-state index contributed by atoms with van der Waals surface area (Å²) >= 11 is 0. The summed E-state index contributed by atoms with van der Waals surface area (Å²) in [7, 11) is 3.50. The number of hydrogen-bond donors (Lipinski definition) is 1. The first kappa shape index (κ1) is 13.1. The summed E-state index contributed by atoms with van der Waals surface area (Å²) in [6.45, 7) is 3.48. The van der Waals surface area contributed by atoms with Gasteiger partial charge < -0.3 is 19.2 Å². The maximum absolute atomic E-state index is 5.46. The fourth-order valence-electron chi connectivity index (χ4n) is 1.27. The van der Waals surface area contributed by atoms with E-state index in [4.69, 9.17) is 13.9 Å². The zero-order valence-corrected chi connectivity index (χ0v) is 10.0. The smallest absolute Gasteiger partial charge is 0.242 e. The van der Waals surface area contributed by atoms with Crippen LogP contribution in [-0.4, -0.2) is 37.6 Å². The lowest BCUT2D eigenvalue weighted by atomic mass is 10.2. The molecule has 0 amide bonds. The van der Waals surface area contributed by atoms with E-state index in [9.17, 15) is 0 Å². The second-order valence-corrected chi connectivity index (χ2v) is 3.33. The van der Waals surface area contributed by atoms with Gasteiger partial charge in [-0.25, -0.2) is 0 Å². The van der Waals surface area contributed by atoms with Crippen molar-refractivity contribution in [1.29, 1.82) is 0 Å². The molecule has 92 valence electrons. The second-order valence-electron chi connectivity index (χ2n) is 3.33. The summed E-state index contributed by atoms with van der Waals surface area (Å²) in [5, 5.41) is 11.0. The Labute approximate surface area is 95.3 Å². The van der Waals surface area contributed by atoms with Crippen LogP contribution in [0.15, 0.2) is 4.42 Å². The van der Waals surface area contributed by atoms with Crippen molar-refractivity contribution >= 4 is 0 Å². The number of rotatable bonds is 8. The predicted molar refractivity (Wildman–Crippen MR) is 57.9 cm³/mol. The molecule has 1 rings (SSSR count). The van der Waals surface area contributed by atoms with Crippen molar-refractivity contribution in [3.63, 3.8) is 0 Å². The lowest BCUT2D eigenvalue weighted by molar-refractivity contribution is 0.0510. The van der Waals surface area contributed by atoms with E-state index < -0.39 is 0 Å². The van der Waals surface area contributed by atoms with Gasteiger partial charge in [-0.15, -0.1) is 10.2 Å². The van der Waals surface area contributed by atoms with Gasteiger partial charge in [-0.05, 0) is 13.5 Å². The monoisotopic (exact) mass is 229 g/mol. The zero-order chi connectivity index (χ0) is 11.8. The van der Waals surface area contributed by atoms with Gasteiger partial charge in [0.2, 0.25) is 11.8 Å². The third-order valence-corrected chi connectivity index (χ3v) is 2.19. The van der Waals surface area contributed by atoms with Crippen molar-refractivity contribution < 1.29 is 13.9 Å². The molecule has 0 radical (unpaired) electrons. The Kier molecular flexibility index (Phi) is 5.99. The predicted octanol–water partition coefficient (Wildman–Crippen LogP) is 0.903. The van der Waals surface area contributed by atoms with Crippen LogP contribution in [0.1, 0.15) is 31.2 Å². The molecule has 1 aromatic heterocycles. The molecule has 0 aliphatic rings. The second kappa shape index (κ2) is 7.32. The standard InChI is InChI=1S/C10H19N3O3/c1-4-8(11-2)10-13-12-9(16-10)7-15-6-5-14-3/h8,11H,4-7H2,1-3H3. The molecule has 0 saturated carbocycles. The Morgan fingerprint density at radius 3 is 2.81 bits per heavy atom. The molecule has 16 heavy (non-hydrogen) atoms. The van der Waals surface area contributed by atoms with Gasteiger partial charge in [0.25, 0.3) is 0 Å². The number of ether oxygens (including phenoxy) is 2. The molecule has 0 saturated heterocycles. The average molecular weight is 229 g/mol. The highest BCUT2D eigenvalue weighted by Crippen LogP contribution is 2.14. The zero-order valence-electron chi connectivity index (χ0n) is 10.0. The van der Waals surface area contributed by atoms with Crippen molar-refractivity contribution in [3.8, 4) is 0 Å². The van der Waals surface area contributed by atoms with Crippen molar-refractivity contribution in [3.05, 3.63) is 11.8 Å². The van der Waals surface area contributed by atoms with Crippen LogP contribution in [0.5, 0.6) is 0 Å². The van der Waals surface area contributed by atoms with E-state index in [2.05, 4.69) is 22.4 Å². The van der Waals surface area contributed by atoms with Crippen molar-refractivity contribution in [1.82, 2.24) is 15.5 Å². The van der Waals surface area contributed by atoms with Crippen molar-refractivity contribution in [2.75, 3.05) is 27.4 Å². The van der Waals surface area contributed by atoms with Gasteiger partial charge in [0, 0.05) is 7.11 Å². The summed E-state index contributed by atoms with van der Waals surface area (Å²) in [6.07, 6.45) is 0.905. The molecule has 1 atom stereocenters. The van der Waals surface area contributed by atoms with E-state index in [1.54, 1.807) is 7.11 Å². The van der Waals surface area contributed by atoms with Crippen molar-refractivity contribution in [2.45, 2.75) is 26.0 Å². The molecule has 0 fully saturated rings. The third-order valence-electron chi connectivity index (χ3n) is 2.19. The highest BCUT2D eigenvalue weighted by Gasteiger charge is 2.14. The lowest BCUT2D eigenvalue weighted by Crippen LogP contribution is -2.15. The Balaban J connectivity index is 2.38.